The van der Waals surface area contributed by atoms with Gasteiger partial charge >= 0.3 is 0 Å². The largest absolute Gasteiger partial charge is 0.491 e. The van der Waals surface area contributed by atoms with Crippen LogP contribution in [0.1, 0.15) is 24.1 Å². The molecule has 182 valence electrons. The minimum absolute atomic E-state index is 0.00563. The highest BCUT2D eigenvalue weighted by Crippen LogP contribution is 2.26. The van der Waals surface area contributed by atoms with Crippen molar-refractivity contribution >= 4 is 15.7 Å². The van der Waals surface area contributed by atoms with Crippen LogP contribution in [-0.4, -0.2) is 34.8 Å². The molecule has 0 unspecified atom stereocenters. The van der Waals surface area contributed by atoms with Gasteiger partial charge in [0.2, 0.25) is 5.88 Å². The Labute approximate surface area is 202 Å². The summed E-state index contributed by atoms with van der Waals surface area (Å²) in [6, 6.07) is 13.4. The SMILES string of the molecule is CCOc1ccc(S(=O)(=O)Nc2ccc(Oc3cc(-n4nc(C)cc4C)nc(C)n3)cc2)cc1F. The van der Waals surface area contributed by atoms with Gasteiger partial charge in [0, 0.05) is 17.4 Å². The van der Waals surface area contributed by atoms with Crippen LogP contribution in [0.4, 0.5) is 10.1 Å². The van der Waals surface area contributed by atoms with Gasteiger partial charge in [0.05, 0.1) is 17.2 Å². The van der Waals surface area contributed by atoms with Crippen LogP contribution in [-0.2, 0) is 10.0 Å². The number of benzene rings is 2. The van der Waals surface area contributed by atoms with Gasteiger partial charge in [-0.25, -0.2) is 22.5 Å². The van der Waals surface area contributed by atoms with Crippen molar-refractivity contribution in [1.82, 2.24) is 19.7 Å². The maximum atomic E-state index is 14.1. The lowest BCUT2D eigenvalue weighted by Gasteiger charge is -2.11. The molecule has 4 rings (SSSR count). The van der Waals surface area contributed by atoms with Crippen LogP contribution in [0.25, 0.3) is 5.82 Å². The molecular formula is C24H24FN5O4S. The van der Waals surface area contributed by atoms with E-state index in [0.29, 0.717) is 23.3 Å². The van der Waals surface area contributed by atoms with Crippen molar-refractivity contribution in [2.45, 2.75) is 32.6 Å². The van der Waals surface area contributed by atoms with E-state index in [2.05, 4.69) is 19.8 Å². The molecule has 0 amide bonds. The van der Waals surface area contributed by atoms with E-state index in [1.165, 1.54) is 24.3 Å². The molecule has 2 aromatic carbocycles. The Balaban J connectivity index is 1.50. The zero-order valence-corrected chi connectivity index (χ0v) is 20.4. The van der Waals surface area contributed by atoms with Crippen LogP contribution in [0.2, 0.25) is 0 Å². The highest BCUT2D eigenvalue weighted by atomic mass is 32.2. The van der Waals surface area contributed by atoms with E-state index in [1.807, 2.05) is 19.9 Å². The Hall–Kier alpha value is -3.99. The molecule has 0 aliphatic heterocycles. The highest BCUT2D eigenvalue weighted by molar-refractivity contribution is 7.92. The summed E-state index contributed by atoms with van der Waals surface area (Å²) in [6.45, 7) is 7.57. The molecule has 0 atom stereocenters. The lowest BCUT2D eigenvalue weighted by molar-refractivity contribution is 0.321. The second-order valence-electron chi connectivity index (χ2n) is 7.71. The molecule has 2 heterocycles. The molecule has 11 heteroatoms. The fourth-order valence-electron chi connectivity index (χ4n) is 3.39. The average Bonchev–Trinajstić information content (AvgIpc) is 3.14. The second kappa shape index (κ2) is 9.71. The molecule has 35 heavy (non-hydrogen) atoms. The van der Waals surface area contributed by atoms with Crippen molar-refractivity contribution in [3.63, 3.8) is 0 Å². The third-order valence-electron chi connectivity index (χ3n) is 4.87. The smallest absolute Gasteiger partial charge is 0.262 e. The average molecular weight is 498 g/mol. The summed E-state index contributed by atoms with van der Waals surface area (Å²) in [5.41, 5.74) is 2.08. The van der Waals surface area contributed by atoms with E-state index in [-0.39, 0.29) is 22.9 Å². The van der Waals surface area contributed by atoms with Crippen LogP contribution in [0, 0.1) is 26.6 Å². The van der Waals surface area contributed by atoms with Crippen LogP contribution in [0.15, 0.2) is 59.5 Å². The number of anilines is 1. The molecule has 1 N–H and O–H groups in total. The molecule has 0 aliphatic carbocycles. The molecular weight excluding hydrogens is 473 g/mol. The zero-order valence-electron chi connectivity index (χ0n) is 19.6. The van der Waals surface area contributed by atoms with Gasteiger partial charge in [-0.05, 0) is 76.2 Å². The van der Waals surface area contributed by atoms with Gasteiger partial charge in [0.25, 0.3) is 10.0 Å². The lowest BCUT2D eigenvalue weighted by Crippen LogP contribution is -2.13. The lowest BCUT2D eigenvalue weighted by atomic mass is 10.3. The summed E-state index contributed by atoms with van der Waals surface area (Å²) < 4.78 is 54.5. The fourth-order valence-corrected chi connectivity index (χ4v) is 4.46. The number of aromatic nitrogens is 4. The summed E-state index contributed by atoms with van der Waals surface area (Å²) in [4.78, 5) is 8.52. The Bertz CT molecular complexity index is 1470. The maximum absolute atomic E-state index is 14.1. The summed E-state index contributed by atoms with van der Waals surface area (Å²) in [5, 5.41) is 4.43. The number of ether oxygens (including phenoxy) is 2. The van der Waals surface area contributed by atoms with Crippen LogP contribution >= 0.6 is 0 Å². The van der Waals surface area contributed by atoms with E-state index in [9.17, 15) is 12.8 Å². The van der Waals surface area contributed by atoms with Crippen molar-refractivity contribution in [2.24, 2.45) is 0 Å². The number of rotatable bonds is 8. The van der Waals surface area contributed by atoms with Gasteiger partial charge in [-0.1, -0.05) is 0 Å². The van der Waals surface area contributed by atoms with Gasteiger partial charge in [-0.2, -0.15) is 10.1 Å². The molecule has 9 nitrogen and oxygen atoms in total. The van der Waals surface area contributed by atoms with E-state index in [4.69, 9.17) is 9.47 Å². The second-order valence-corrected chi connectivity index (χ2v) is 9.39. The van der Waals surface area contributed by atoms with Gasteiger partial charge in [0.1, 0.15) is 11.6 Å². The Morgan fingerprint density at radius 1 is 1.00 bits per heavy atom. The van der Waals surface area contributed by atoms with Gasteiger partial charge < -0.3 is 9.47 Å². The van der Waals surface area contributed by atoms with Gasteiger partial charge in [-0.3, -0.25) is 4.72 Å². The number of nitrogens with one attached hydrogen (secondary N) is 1. The Kier molecular flexibility index (Phi) is 6.70. The first-order valence-electron chi connectivity index (χ1n) is 10.8. The fraction of sp³-hybridized carbons (Fsp3) is 0.208. The topological polar surface area (TPSA) is 108 Å². The zero-order chi connectivity index (χ0) is 25.2. The van der Waals surface area contributed by atoms with Crippen molar-refractivity contribution in [2.75, 3.05) is 11.3 Å². The van der Waals surface area contributed by atoms with Crippen molar-refractivity contribution in [3.8, 4) is 23.2 Å². The summed E-state index contributed by atoms with van der Waals surface area (Å²) in [7, 11) is -4.00. The Morgan fingerprint density at radius 3 is 2.37 bits per heavy atom. The first-order chi connectivity index (χ1) is 16.6. The molecule has 4 aromatic rings. The monoisotopic (exact) mass is 497 g/mol. The summed E-state index contributed by atoms with van der Waals surface area (Å²) >= 11 is 0. The summed E-state index contributed by atoms with van der Waals surface area (Å²) in [6.07, 6.45) is 0. The van der Waals surface area contributed by atoms with Crippen molar-refractivity contribution < 1.29 is 22.3 Å². The third kappa shape index (κ3) is 5.57. The standard InChI is InChI=1S/C24H24FN5O4S/c1-5-33-22-11-10-20(13-21(22)25)35(31,32)29-18-6-8-19(9-7-18)34-24-14-23(26-17(4)27-24)30-16(3)12-15(2)28-30/h6-14,29H,5H2,1-4H3. The number of sulfonamides is 1. The molecule has 0 aliphatic rings. The van der Waals surface area contributed by atoms with Gasteiger partial charge in [-0.15, -0.1) is 0 Å². The van der Waals surface area contributed by atoms with Crippen LogP contribution in [0.3, 0.4) is 0 Å². The van der Waals surface area contributed by atoms with E-state index in [0.717, 1.165) is 17.5 Å². The molecule has 0 saturated heterocycles. The van der Waals surface area contributed by atoms with E-state index >= 15 is 0 Å². The quantitative estimate of drug-likeness (QED) is 0.375. The number of hydrogen-bond donors (Lipinski definition) is 1. The van der Waals surface area contributed by atoms with Crippen molar-refractivity contribution in [3.05, 3.63) is 77.6 Å². The molecule has 0 radical (unpaired) electrons. The summed E-state index contributed by atoms with van der Waals surface area (Å²) in [5.74, 6) is 1.09. The number of aryl methyl sites for hydroxylation is 3. The van der Waals surface area contributed by atoms with E-state index < -0.39 is 15.8 Å². The molecule has 0 saturated carbocycles. The number of nitrogens with zero attached hydrogens (tertiary/aromatic N) is 4. The normalized spacial score (nSPS) is 11.3. The molecule has 2 aromatic heterocycles. The highest BCUT2D eigenvalue weighted by Gasteiger charge is 2.17. The predicted molar refractivity (Wildman–Crippen MR) is 128 cm³/mol. The van der Waals surface area contributed by atoms with Gasteiger partial charge in [0.15, 0.2) is 17.4 Å². The van der Waals surface area contributed by atoms with Crippen LogP contribution < -0.4 is 14.2 Å². The maximum Gasteiger partial charge on any atom is 0.262 e. The first kappa shape index (κ1) is 24.1. The predicted octanol–water partition coefficient (Wildman–Crippen LogP) is 4.72. The van der Waals surface area contributed by atoms with Crippen molar-refractivity contribution in [1.29, 1.82) is 0 Å². The molecule has 0 bridgehead atoms. The Morgan fingerprint density at radius 2 is 1.74 bits per heavy atom. The third-order valence-corrected chi connectivity index (χ3v) is 6.25. The number of hydrogen-bond acceptors (Lipinski definition) is 7. The van der Waals surface area contributed by atoms with Crippen LogP contribution in [0.5, 0.6) is 17.4 Å². The minimum Gasteiger partial charge on any atom is -0.491 e. The molecule has 0 fully saturated rings. The first-order valence-corrected chi connectivity index (χ1v) is 12.3. The minimum atomic E-state index is -4.00. The number of halogens is 1. The molecule has 0 spiro atoms. The van der Waals surface area contributed by atoms with E-state index in [1.54, 1.807) is 36.7 Å².